The average Bonchev–Trinajstić information content (AvgIpc) is 3.19. The van der Waals surface area contributed by atoms with E-state index in [9.17, 15) is 14.4 Å². The number of nitrogens with zero attached hydrogens (tertiary/aromatic N) is 1. The predicted octanol–water partition coefficient (Wildman–Crippen LogP) is 10.2. The number of allylic oxidation sites excluding steroid dienone is 2. The minimum absolute atomic E-state index is 0.287. The van der Waals surface area contributed by atoms with E-state index in [1.54, 1.807) is 0 Å². The summed E-state index contributed by atoms with van der Waals surface area (Å²) in [5.74, 6) is -1.13. The van der Waals surface area contributed by atoms with Crippen LogP contribution in [0.15, 0.2) is 23.8 Å². The third-order valence-corrected chi connectivity index (χ3v) is 7.70. The standard InChI is InChI=1S/C34H59NO3/c1-3-5-7-9-11-13-15-16-17-18-19-21-23-25-27-29-32(36)35-33(37)30-31(34(35)38)28-26-24-22-20-14-12-10-8-6-4-2/h16-17,30H,3-15,18-29H2,1-2H3/b17-16-. The molecule has 0 aromatic rings. The van der Waals surface area contributed by atoms with Gasteiger partial charge in [0.25, 0.3) is 11.8 Å². The van der Waals surface area contributed by atoms with Crippen molar-refractivity contribution in [1.82, 2.24) is 4.90 Å². The SMILES string of the molecule is CCCCCCCC/C=C\CCCCCCCC(=O)N1C(=O)C=C(CCCCCCCCCCCC)C1=O. The lowest BCUT2D eigenvalue weighted by molar-refractivity contribution is -0.148. The number of carbonyl (C=O) groups is 3. The zero-order valence-corrected chi connectivity index (χ0v) is 25.1. The quantitative estimate of drug-likeness (QED) is 0.0636. The minimum atomic E-state index is -0.435. The van der Waals surface area contributed by atoms with Gasteiger partial charge in [-0.2, -0.15) is 0 Å². The van der Waals surface area contributed by atoms with Crippen molar-refractivity contribution in [3.05, 3.63) is 23.8 Å². The lowest BCUT2D eigenvalue weighted by Crippen LogP contribution is -2.37. The number of amides is 3. The van der Waals surface area contributed by atoms with E-state index < -0.39 is 5.91 Å². The van der Waals surface area contributed by atoms with Crippen molar-refractivity contribution in [3.8, 4) is 0 Å². The van der Waals surface area contributed by atoms with E-state index in [-0.39, 0.29) is 18.2 Å². The predicted molar refractivity (Wildman–Crippen MR) is 161 cm³/mol. The van der Waals surface area contributed by atoms with Gasteiger partial charge in [0.2, 0.25) is 5.91 Å². The van der Waals surface area contributed by atoms with E-state index in [0.717, 1.165) is 43.4 Å². The van der Waals surface area contributed by atoms with Crippen LogP contribution in [-0.4, -0.2) is 22.6 Å². The molecule has 0 N–H and O–H groups in total. The smallest absolute Gasteiger partial charge is 0.263 e. The Hall–Kier alpha value is -1.71. The van der Waals surface area contributed by atoms with Crippen molar-refractivity contribution in [2.45, 2.75) is 174 Å². The highest BCUT2D eigenvalue weighted by molar-refractivity contribution is 6.24. The molecule has 0 aromatic carbocycles. The van der Waals surface area contributed by atoms with Crippen LogP contribution in [0.4, 0.5) is 0 Å². The van der Waals surface area contributed by atoms with Crippen LogP contribution in [0.5, 0.6) is 0 Å². The van der Waals surface area contributed by atoms with Crippen molar-refractivity contribution in [3.63, 3.8) is 0 Å². The molecule has 0 saturated carbocycles. The molecule has 3 amide bonds. The fourth-order valence-corrected chi connectivity index (χ4v) is 5.20. The molecule has 1 rings (SSSR count). The molecule has 0 radical (unpaired) electrons. The largest absolute Gasteiger partial charge is 0.274 e. The first-order chi connectivity index (χ1) is 18.6. The van der Waals surface area contributed by atoms with Gasteiger partial charge >= 0.3 is 0 Å². The molecule has 218 valence electrons. The summed E-state index contributed by atoms with van der Waals surface area (Å²) in [6.45, 7) is 4.50. The molecule has 0 aromatic heterocycles. The van der Waals surface area contributed by atoms with Gasteiger partial charge in [-0.15, -0.1) is 0 Å². The average molecular weight is 530 g/mol. The number of hydrogen-bond donors (Lipinski definition) is 0. The number of carbonyl (C=O) groups excluding carboxylic acids is 3. The second-order valence-corrected chi connectivity index (χ2v) is 11.3. The Kier molecular flexibility index (Phi) is 22.0. The van der Waals surface area contributed by atoms with Crippen molar-refractivity contribution < 1.29 is 14.4 Å². The van der Waals surface area contributed by atoms with Gasteiger partial charge in [-0.1, -0.05) is 135 Å². The van der Waals surface area contributed by atoms with Gasteiger partial charge < -0.3 is 0 Å². The Labute approximate surface area is 235 Å². The van der Waals surface area contributed by atoms with Gasteiger partial charge in [0, 0.05) is 18.1 Å². The van der Waals surface area contributed by atoms with Crippen molar-refractivity contribution in [2.75, 3.05) is 0 Å². The highest BCUT2D eigenvalue weighted by atomic mass is 16.2. The molecule has 0 bridgehead atoms. The normalized spacial score (nSPS) is 13.7. The van der Waals surface area contributed by atoms with Gasteiger partial charge in [-0.3, -0.25) is 14.4 Å². The number of unbranched alkanes of at least 4 members (excludes halogenated alkanes) is 20. The molecule has 1 heterocycles. The van der Waals surface area contributed by atoms with Crippen LogP contribution in [0.3, 0.4) is 0 Å². The first kappa shape index (κ1) is 34.3. The summed E-state index contributed by atoms with van der Waals surface area (Å²) >= 11 is 0. The molecular weight excluding hydrogens is 470 g/mol. The zero-order chi connectivity index (χ0) is 27.7. The summed E-state index contributed by atoms with van der Waals surface area (Å²) in [6, 6.07) is 0. The van der Waals surface area contributed by atoms with Crippen LogP contribution in [-0.2, 0) is 14.4 Å². The number of hydrogen-bond acceptors (Lipinski definition) is 3. The van der Waals surface area contributed by atoms with Crippen LogP contribution < -0.4 is 0 Å². The molecule has 38 heavy (non-hydrogen) atoms. The van der Waals surface area contributed by atoms with Crippen molar-refractivity contribution in [2.24, 2.45) is 0 Å². The van der Waals surface area contributed by atoms with Crippen LogP contribution in [0.2, 0.25) is 0 Å². The highest BCUT2D eigenvalue weighted by Crippen LogP contribution is 2.21. The molecule has 4 heteroatoms. The van der Waals surface area contributed by atoms with Crippen LogP contribution in [0.1, 0.15) is 174 Å². The fraction of sp³-hybridized carbons (Fsp3) is 0.794. The molecule has 0 atom stereocenters. The number of imide groups is 3. The van der Waals surface area contributed by atoms with E-state index in [1.165, 1.54) is 115 Å². The van der Waals surface area contributed by atoms with E-state index >= 15 is 0 Å². The third kappa shape index (κ3) is 17.0. The maximum absolute atomic E-state index is 12.6. The summed E-state index contributed by atoms with van der Waals surface area (Å²) in [6.07, 6.45) is 35.0. The van der Waals surface area contributed by atoms with Crippen LogP contribution >= 0.6 is 0 Å². The van der Waals surface area contributed by atoms with Gasteiger partial charge in [-0.05, 0) is 44.9 Å². The monoisotopic (exact) mass is 529 g/mol. The molecular formula is C34H59NO3. The third-order valence-electron chi connectivity index (χ3n) is 7.70. The van der Waals surface area contributed by atoms with E-state index in [0.29, 0.717) is 12.0 Å². The Morgan fingerprint density at radius 1 is 0.605 bits per heavy atom. The van der Waals surface area contributed by atoms with Gasteiger partial charge in [0.05, 0.1) is 0 Å². The Bertz CT molecular complexity index is 694. The lowest BCUT2D eigenvalue weighted by Gasteiger charge is -2.13. The molecule has 0 unspecified atom stereocenters. The van der Waals surface area contributed by atoms with Crippen molar-refractivity contribution >= 4 is 17.7 Å². The maximum atomic E-state index is 12.6. The van der Waals surface area contributed by atoms with Crippen molar-refractivity contribution in [1.29, 1.82) is 0 Å². The molecule has 1 aliphatic heterocycles. The van der Waals surface area contributed by atoms with Gasteiger partial charge in [0.1, 0.15) is 0 Å². The molecule has 1 aliphatic rings. The molecule has 0 aliphatic carbocycles. The van der Waals surface area contributed by atoms with E-state index in [1.807, 2.05) is 0 Å². The Morgan fingerprint density at radius 3 is 1.53 bits per heavy atom. The number of rotatable bonds is 26. The Balaban J connectivity index is 2.02. The molecule has 0 spiro atoms. The first-order valence-electron chi connectivity index (χ1n) is 16.4. The van der Waals surface area contributed by atoms with Crippen LogP contribution in [0, 0.1) is 0 Å². The zero-order valence-electron chi connectivity index (χ0n) is 25.1. The first-order valence-corrected chi connectivity index (χ1v) is 16.4. The summed E-state index contributed by atoms with van der Waals surface area (Å²) in [4.78, 5) is 38.3. The fourth-order valence-electron chi connectivity index (χ4n) is 5.20. The Morgan fingerprint density at radius 2 is 1.03 bits per heavy atom. The van der Waals surface area contributed by atoms with E-state index in [4.69, 9.17) is 0 Å². The van der Waals surface area contributed by atoms with Gasteiger partial charge in [-0.25, -0.2) is 4.90 Å². The maximum Gasteiger partial charge on any atom is 0.263 e. The second kappa shape index (κ2) is 24.3. The summed E-state index contributed by atoms with van der Waals surface area (Å²) in [5.41, 5.74) is 0.521. The highest BCUT2D eigenvalue weighted by Gasteiger charge is 2.34. The molecule has 0 fully saturated rings. The lowest BCUT2D eigenvalue weighted by atomic mass is 10.0. The summed E-state index contributed by atoms with van der Waals surface area (Å²) < 4.78 is 0. The molecule has 4 nitrogen and oxygen atoms in total. The van der Waals surface area contributed by atoms with Crippen LogP contribution in [0.25, 0.3) is 0 Å². The second-order valence-electron chi connectivity index (χ2n) is 11.3. The topological polar surface area (TPSA) is 54.5 Å². The summed E-state index contributed by atoms with van der Waals surface area (Å²) in [5, 5.41) is 0. The minimum Gasteiger partial charge on any atom is -0.274 e. The summed E-state index contributed by atoms with van der Waals surface area (Å²) in [7, 11) is 0. The van der Waals surface area contributed by atoms with Gasteiger partial charge in [0.15, 0.2) is 0 Å². The van der Waals surface area contributed by atoms with E-state index in [2.05, 4.69) is 26.0 Å². The molecule has 0 saturated heterocycles.